The van der Waals surface area contributed by atoms with E-state index in [1.165, 1.54) is 22.3 Å². The maximum Gasteiger partial charge on any atom is 0.134 e. The fourth-order valence-electron chi connectivity index (χ4n) is 3.27. The summed E-state index contributed by atoms with van der Waals surface area (Å²) in [6.07, 6.45) is 3.02. The summed E-state index contributed by atoms with van der Waals surface area (Å²) in [5.41, 5.74) is 11.4. The maximum absolute atomic E-state index is 6.19. The highest BCUT2D eigenvalue weighted by molar-refractivity contribution is 5.96. The molecule has 100 valence electrons. The first-order chi connectivity index (χ1) is 9.83. The fourth-order valence-corrected chi connectivity index (χ4v) is 3.27. The van der Waals surface area contributed by atoms with Crippen LogP contribution in [0.4, 0.5) is 0 Å². The van der Waals surface area contributed by atoms with Gasteiger partial charge in [0, 0.05) is 17.2 Å². The van der Waals surface area contributed by atoms with Crippen molar-refractivity contribution in [1.29, 1.82) is 0 Å². The van der Waals surface area contributed by atoms with Crippen molar-refractivity contribution in [3.63, 3.8) is 0 Å². The Hall–Kier alpha value is -2.06. The molecule has 0 spiro atoms. The average Bonchev–Trinajstić information content (AvgIpc) is 2.61. The van der Waals surface area contributed by atoms with Crippen molar-refractivity contribution in [1.82, 2.24) is 0 Å². The lowest BCUT2D eigenvalue weighted by molar-refractivity contribution is 0.481. The molecular formula is C18H17NO. The third kappa shape index (κ3) is 1.76. The normalized spacial score (nSPS) is 20.4. The Morgan fingerprint density at radius 1 is 0.850 bits per heavy atom. The number of ether oxygens (including phenoxy) is 1. The molecule has 2 N–H and O–H groups in total. The van der Waals surface area contributed by atoms with Crippen molar-refractivity contribution in [2.24, 2.45) is 5.73 Å². The minimum atomic E-state index is 0.257. The predicted octanol–water partition coefficient (Wildman–Crippen LogP) is 4.21. The van der Waals surface area contributed by atoms with Gasteiger partial charge in [0.05, 0.1) is 0 Å². The van der Waals surface area contributed by atoms with Crippen LogP contribution in [0, 0.1) is 0 Å². The molecule has 2 aromatic carbocycles. The molecule has 0 amide bonds. The molecule has 1 unspecified atom stereocenters. The van der Waals surface area contributed by atoms with Crippen LogP contribution >= 0.6 is 0 Å². The number of para-hydroxylation sites is 2. The smallest absolute Gasteiger partial charge is 0.134 e. The molecule has 0 saturated carbocycles. The predicted molar refractivity (Wildman–Crippen MR) is 81.6 cm³/mol. The van der Waals surface area contributed by atoms with E-state index in [2.05, 4.69) is 30.3 Å². The zero-order chi connectivity index (χ0) is 13.5. The molecule has 0 bridgehead atoms. The standard InChI is InChI=1S/C18H17NO/c19-12-9-10-13-14-5-1-3-7-17(14)20-18-8-4-2-6-15(18)16(13)11-12/h1-8,12H,9-11,19H2. The zero-order valence-corrected chi connectivity index (χ0v) is 11.3. The number of allylic oxidation sites excluding steroid dienone is 1. The Morgan fingerprint density at radius 3 is 2.15 bits per heavy atom. The second kappa shape index (κ2) is 4.50. The number of rotatable bonds is 0. The van der Waals surface area contributed by atoms with Crippen molar-refractivity contribution in [2.75, 3.05) is 0 Å². The highest BCUT2D eigenvalue weighted by atomic mass is 16.5. The first-order valence-electron chi connectivity index (χ1n) is 7.17. The van der Waals surface area contributed by atoms with Crippen LogP contribution in [0.15, 0.2) is 48.5 Å². The summed E-state index contributed by atoms with van der Waals surface area (Å²) in [7, 11) is 0. The number of hydrogen-bond acceptors (Lipinski definition) is 2. The van der Waals surface area contributed by atoms with Gasteiger partial charge in [-0.2, -0.15) is 0 Å². The number of hydrogen-bond donors (Lipinski definition) is 1. The molecule has 0 radical (unpaired) electrons. The zero-order valence-electron chi connectivity index (χ0n) is 11.3. The van der Waals surface area contributed by atoms with E-state index in [0.29, 0.717) is 0 Å². The van der Waals surface area contributed by atoms with Gasteiger partial charge in [0.1, 0.15) is 11.5 Å². The first-order valence-corrected chi connectivity index (χ1v) is 7.17. The number of benzene rings is 2. The molecular weight excluding hydrogens is 246 g/mol. The van der Waals surface area contributed by atoms with E-state index in [1.807, 2.05) is 18.2 Å². The fraction of sp³-hybridized carbons (Fsp3) is 0.222. The minimum absolute atomic E-state index is 0.257. The molecule has 0 fully saturated rings. The molecule has 2 aliphatic rings. The van der Waals surface area contributed by atoms with Gasteiger partial charge >= 0.3 is 0 Å². The van der Waals surface area contributed by atoms with E-state index in [0.717, 1.165) is 30.8 Å². The first kappa shape index (κ1) is 11.7. The van der Waals surface area contributed by atoms with Gasteiger partial charge in [0.25, 0.3) is 0 Å². The molecule has 2 nitrogen and oxygen atoms in total. The summed E-state index contributed by atoms with van der Waals surface area (Å²) < 4.78 is 6.15. The van der Waals surface area contributed by atoms with Gasteiger partial charge < -0.3 is 10.5 Å². The highest BCUT2D eigenvalue weighted by Crippen LogP contribution is 2.47. The third-order valence-corrected chi connectivity index (χ3v) is 4.24. The van der Waals surface area contributed by atoms with Gasteiger partial charge in [-0.3, -0.25) is 0 Å². The Bertz CT molecular complexity index is 702. The lowest BCUT2D eigenvalue weighted by Gasteiger charge is -2.24. The second-order valence-electron chi connectivity index (χ2n) is 5.55. The van der Waals surface area contributed by atoms with Gasteiger partial charge in [-0.1, -0.05) is 36.4 Å². The summed E-state index contributed by atoms with van der Waals surface area (Å²) in [5, 5.41) is 0. The summed E-state index contributed by atoms with van der Waals surface area (Å²) in [6.45, 7) is 0. The molecule has 2 aromatic rings. The van der Waals surface area contributed by atoms with Crippen molar-refractivity contribution in [2.45, 2.75) is 25.3 Å². The molecule has 1 aliphatic heterocycles. The van der Waals surface area contributed by atoms with Crippen LogP contribution in [0.3, 0.4) is 0 Å². The van der Waals surface area contributed by atoms with E-state index >= 15 is 0 Å². The molecule has 0 saturated heterocycles. The molecule has 0 aromatic heterocycles. The van der Waals surface area contributed by atoms with E-state index in [4.69, 9.17) is 10.5 Å². The Balaban J connectivity index is 2.01. The quantitative estimate of drug-likeness (QED) is 0.772. The van der Waals surface area contributed by atoms with Gasteiger partial charge in [-0.05, 0) is 42.5 Å². The summed E-state index contributed by atoms with van der Waals surface area (Å²) in [6, 6.07) is 16.9. The van der Waals surface area contributed by atoms with Crippen molar-refractivity contribution < 1.29 is 4.74 Å². The van der Waals surface area contributed by atoms with E-state index in [1.54, 1.807) is 0 Å². The van der Waals surface area contributed by atoms with E-state index in [9.17, 15) is 0 Å². The monoisotopic (exact) mass is 263 g/mol. The Labute approximate surface area is 118 Å². The van der Waals surface area contributed by atoms with Crippen LogP contribution in [-0.4, -0.2) is 6.04 Å². The molecule has 1 atom stereocenters. The minimum Gasteiger partial charge on any atom is -0.456 e. The summed E-state index contributed by atoms with van der Waals surface area (Å²) in [4.78, 5) is 0. The Morgan fingerprint density at radius 2 is 1.45 bits per heavy atom. The van der Waals surface area contributed by atoms with Crippen LogP contribution in [-0.2, 0) is 0 Å². The van der Waals surface area contributed by atoms with Crippen LogP contribution in [0.25, 0.3) is 11.1 Å². The summed E-state index contributed by atoms with van der Waals surface area (Å²) in [5.74, 6) is 1.90. The van der Waals surface area contributed by atoms with Crippen molar-refractivity contribution in [3.8, 4) is 11.5 Å². The second-order valence-corrected chi connectivity index (χ2v) is 5.55. The molecule has 1 heterocycles. The molecule has 2 heteroatoms. The third-order valence-electron chi connectivity index (χ3n) is 4.24. The van der Waals surface area contributed by atoms with Gasteiger partial charge in [0.15, 0.2) is 0 Å². The average molecular weight is 263 g/mol. The van der Waals surface area contributed by atoms with Crippen LogP contribution in [0.2, 0.25) is 0 Å². The van der Waals surface area contributed by atoms with E-state index < -0.39 is 0 Å². The number of nitrogens with two attached hydrogens (primary N) is 1. The topological polar surface area (TPSA) is 35.2 Å². The maximum atomic E-state index is 6.19. The SMILES string of the molecule is NC1CCC2=C(C1)c1ccccc1Oc1ccccc12. The van der Waals surface area contributed by atoms with Crippen LogP contribution in [0.5, 0.6) is 11.5 Å². The van der Waals surface area contributed by atoms with Crippen molar-refractivity contribution in [3.05, 3.63) is 59.7 Å². The molecule has 20 heavy (non-hydrogen) atoms. The molecule has 1 aliphatic carbocycles. The Kier molecular flexibility index (Phi) is 2.64. The van der Waals surface area contributed by atoms with E-state index in [-0.39, 0.29) is 6.04 Å². The van der Waals surface area contributed by atoms with Crippen molar-refractivity contribution >= 4 is 11.1 Å². The largest absolute Gasteiger partial charge is 0.456 e. The van der Waals surface area contributed by atoms with Gasteiger partial charge in [-0.25, -0.2) is 0 Å². The van der Waals surface area contributed by atoms with Gasteiger partial charge in [-0.15, -0.1) is 0 Å². The molecule has 4 rings (SSSR count). The number of fused-ring (bicyclic) bond motifs is 4. The highest BCUT2D eigenvalue weighted by Gasteiger charge is 2.27. The lowest BCUT2D eigenvalue weighted by Crippen LogP contribution is -2.23. The van der Waals surface area contributed by atoms with Gasteiger partial charge in [0.2, 0.25) is 0 Å². The van der Waals surface area contributed by atoms with Crippen LogP contribution < -0.4 is 10.5 Å². The summed E-state index contributed by atoms with van der Waals surface area (Å²) >= 11 is 0. The lowest BCUT2D eigenvalue weighted by atomic mass is 9.82. The van der Waals surface area contributed by atoms with Crippen LogP contribution in [0.1, 0.15) is 30.4 Å².